The van der Waals surface area contributed by atoms with Crippen molar-refractivity contribution < 1.29 is 18.0 Å². The molecular weight excluding hydrogens is 481 g/mol. The highest BCUT2D eigenvalue weighted by molar-refractivity contribution is 6.05. The summed E-state index contributed by atoms with van der Waals surface area (Å²) < 4.78 is 38.3. The van der Waals surface area contributed by atoms with E-state index in [-0.39, 0.29) is 5.69 Å². The normalized spacial score (nSPS) is 14.6. The van der Waals surface area contributed by atoms with Crippen LogP contribution in [0.2, 0.25) is 0 Å². The zero-order valence-electron chi connectivity index (χ0n) is 20.1. The number of rotatable bonds is 6. The predicted molar refractivity (Wildman–Crippen MR) is 139 cm³/mol. The quantitative estimate of drug-likeness (QED) is 0.317. The molecule has 1 aliphatic rings. The van der Waals surface area contributed by atoms with Crippen molar-refractivity contribution >= 4 is 34.3 Å². The Morgan fingerprint density at radius 1 is 0.919 bits per heavy atom. The number of carbonyl (C=O) groups is 1. The van der Waals surface area contributed by atoms with E-state index < -0.39 is 17.8 Å². The van der Waals surface area contributed by atoms with E-state index in [1.54, 1.807) is 6.20 Å². The van der Waals surface area contributed by atoms with Crippen molar-refractivity contribution in [3.63, 3.8) is 0 Å². The zero-order valence-corrected chi connectivity index (χ0v) is 20.1. The lowest BCUT2D eigenvalue weighted by molar-refractivity contribution is -0.137. The van der Waals surface area contributed by atoms with E-state index in [1.807, 2.05) is 18.2 Å². The topological polar surface area (TPSA) is 76.3 Å². The number of alkyl halides is 3. The Balaban J connectivity index is 1.19. The Morgan fingerprint density at radius 3 is 2.35 bits per heavy atom. The van der Waals surface area contributed by atoms with Crippen LogP contribution in [0.15, 0.2) is 72.9 Å². The lowest BCUT2D eigenvalue weighted by Gasteiger charge is -2.35. The number of aromatic nitrogens is 2. The van der Waals surface area contributed by atoms with Gasteiger partial charge in [0.15, 0.2) is 0 Å². The minimum atomic E-state index is -4.43. The van der Waals surface area contributed by atoms with E-state index in [0.717, 1.165) is 62.6 Å². The average Bonchev–Trinajstić information content (AvgIpc) is 3.30. The number of nitrogens with one attached hydrogen (secondary N) is 3. The summed E-state index contributed by atoms with van der Waals surface area (Å²) in [5.74, 6) is 0.834. The predicted octanol–water partition coefficient (Wildman–Crippen LogP) is 5.59. The van der Waals surface area contributed by atoms with E-state index in [0.29, 0.717) is 11.2 Å². The summed E-state index contributed by atoms with van der Waals surface area (Å²) in [7, 11) is 0. The molecule has 37 heavy (non-hydrogen) atoms. The summed E-state index contributed by atoms with van der Waals surface area (Å²) in [6.07, 6.45) is -1.75. The van der Waals surface area contributed by atoms with E-state index in [4.69, 9.17) is 4.98 Å². The van der Waals surface area contributed by atoms with Crippen LogP contribution in [0, 0.1) is 0 Å². The Bertz CT molecular complexity index is 1350. The van der Waals surface area contributed by atoms with Crippen LogP contribution in [0.3, 0.4) is 0 Å². The van der Waals surface area contributed by atoms with Gasteiger partial charge in [-0.05, 0) is 48.4 Å². The number of hydrogen-bond donors (Lipinski definition) is 3. The smallest absolute Gasteiger partial charge is 0.358 e. The van der Waals surface area contributed by atoms with Crippen LogP contribution in [0.25, 0.3) is 11.0 Å². The van der Waals surface area contributed by atoms with Gasteiger partial charge in [0.25, 0.3) is 0 Å². The maximum atomic E-state index is 12.8. The summed E-state index contributed by atoms with van der Waals surface area (Å²) in [6.45, 7) is 4.62. The van der Waals surface area contributed by atoms with E-state index in [1.165, 1.54) is 17.7 Å². The third kappa shape index (κ3) is 6.03. The number of halogens is 3. The molecule has 0 saturated carbocycles. The van der Waals surface area contributed by atoms with Crippen LogP contribution < -0.4 is 15.5 Å². The molecule has 192 valence electrons. The Morgan fingerprint density at radius 2 is 1.65 bits per heavy atom. The molecule has 1 fully saturated rings. The SMILES string of the molecule is O=C(Nc1ccc(C(F)(F)F)cc1)Nc1c[nH]c2ccc(N3CCN(CCc4ccccc4)CC3)nc12. The second-order valence-corrected chi connectivity index (χ2v) is 8.99. The van der Waals surface area contributed by atoms with Gasteiger partial charge in [-0.15, -0.1) is 0 Å². The molecule has 2 amide bonds. The number of piperazine rings is 1. The fourth-order valence-corrected chi connectivity index (χ4v) is 4.42. The van der Waals surface area contributed by atoms with Crippen molar-refractivity contribution in [2.45, 2.75) is 12.6 Å². The minimum Gasteiger partial charge on any atom is -0.358 e. The second kappa shape index (κ2) is 10.5. The van der Waals surface area contributed by atoms with Crippen molar-refractivity contribution in [3.05, 3.63) is 84.1 Å². The molecule has 10 heteroatoms. The summed E-state index contributed by atoms with van der Waals surface area (Å²) in [5.41, 5.74) is 2.70. The van der Waals surface area contributed by atoms with Crippen LogP contribution >= 0.6 is 0 Å². The lowest BCUT2D eigenvalue weighted by atomic mass is 10.1. The zero-order chi connectivity index (χ0) is 25.8. The first-order valence-corrected chi connectivity index (χ1v) is 12.1. The monoisotopic (exact) mass is 508 g/mol. The van der Waals surface area contributed by atoms with Crippen LogP contribution in [0.1, 0.15) is 11.1 Å². The number of aromatic amines is 1. The van der Waals surface area contributed by atoms with Gasteiger partial charge in [0.2, 0.25) is 0 Å². The highest BCUT2D eigenvalue weighted by Crippen LogP contribution is 2.30. The number of fused-ring (bicyclic) bond motifs is 1. The second-order valence-electron chi connectivity index (χ2n) is 8.99. The molecule has 3 heterocycles. The Hall–Kier alpha value is -4.05. The van der Waals surface area contributed by atoms with E-state index in [2.05, 4.69) is 49.7 Å². The number of pyridine rings is 1. The van der Waals surface area contributed by atoms with Gasteiger partial charge in [-0.2, -0.15) is 13.2 Å². The summed E-state index contributed by atoms with van der Waals surface area (Å²) in [6, 6.07) is 18.1. The molecule has 0 radical (unpaired) electrons. The van der Waals surface area contributed by atoms with Crippen molar-refractivity contribution in [3.8, 4) is 0 Å². The van der Waals surface area contributed by atoms with Crippen molar-refractivity contribution in [2.75, 3.05) is 48.3 Å². The van der Waals surface area contributed by atoms with Gasteiger partial charge in [-0.1, -0.05) is 30.3 Å². The van der Waals surface area contributed by atoms with Gasteiger partial charge < -0.3 is 20.5 Å². The molecule has 0 spiro atoms. The third-order valence-electron chi connectivity index (χ3n) is 6.48. The highest BCUT2D eigenvalue weighted by Gasteiger charge is 2.30. The molecule has 4 aromatic rings. The number of urea groups is 1. The molecule has 2 aromatic heterocycles. The molecule has 0 aliphatic carbocycles. The molecule has 5 rings (SSSR count). The van der Waals surface area contributed by atoms with Crippen LogP contribution in [0.5, 0.6) is 0 Å². The number of hydrogen-bond acceptors (Lipinski definition) is 4. The molecule has 0 atom stereocenters. The van der Waals surface area contributed by atoms with E-state index in [9.17, 15) is 18.0 Å². The number of H-pyrrole nitrogens is 1. The molecule has 0 unspecified atom stereocenters. The molecule has 1 aliphatic heterocycles. The highest BCUT2D eigenvalue weighted by atomic mass is 19.4. The molecule has 7 nitrogen and oxygen atoms in total. The first-order valence-electron chi connectivity index (χ1n) is 12.1. The Kier molecular flexibility index (Phi) is 7.00. The van der Waals surface area contributed by atoms with Crippen LogP contribution in [-0.2, 0) is 12.6 Å². The van der Waals surface area contributed by atoms with Crippen LogP contribution in [0.4, 0.5) is 35.2 Å². The number of anilines is 3. The fraction of sp³-hybridized carbons (Fsp3) is 0.259. The number of benzene rings is 2. The maximum absolute atomic E-state index is 12.8. The number of amides is 2. The first kappa shape index (κ1) is 24.6. The van der Waals surface area contributed by atoms with Crippen molar-refractivity contribution in [2.24, 2.45) is 0 Å². The largest absolute Gasteiger partial charge is 0.416 e. The van der Waals surface area contributed by atoms with Gasteiger partial charge in [0.1, 0.15) is 11.3 Å². The Labute approximate surface area is 212 Å². The van der Waals surface area contributed by atoms with Gasteiger partial charge in [-0.3, -0.25) is 4.90 Å². The fourth-order valence-electron chi connectivity index (χ4n) is 4.42. The lowest BCUT2D eigenvalue weighted by Crippen LogP contribution is -2.47. The number of carbonyl (C=O) groups excluding carboxylic acids is 1. The molecule has 2 aromatic carbocycles. The van der Waals surface area contributed by atoms with Gasteiger partial charge in [-0.25, -0.2) is 9.78 Å². The van der Waals surface area contributed by atoms with E-state index >= 15 is 0 Å². The third-order valence-corrected chi connectivity index (χ3v) is 6.48. The summed E-state index contributed by atoms with van der Waals surface area (Å²) in [5, 5.41) is 5.29. The average molecular weight is 509 g/mol. The standard InChI is InChI=1S/C27H27F3N6O/c28-27(29,30)20-6-8-21(9-7-20)32-26(37)33-23-18-31-22-10-11-24(34-25(22)23)36-16-14-35(15-17-36)13-12-19-4-2-1-3-5-19/h1-11,18,31H,12-17H2,(H2,32,33,37). The molecule has 3 N–H and O–H groups in total. The van der Waals surface area contributed by atoms with Crippen molar-refractivity contribution in [1.82, 2.24) is 14.9 Å². The summed E-state index contributed by atoms with van der Waals surface area (Å²) >= 11 is 0. The molecule has 0 bridgehead atoms. The molecule has 1 saturated heterocycles. The summed E-state index contributed by atoms with van der Waals surface area (Å²) in [4.78, 5) is 25.1. The first-order chi connectivity index (χ1) is 17.8. The van der Waals surface area contributed by atoms with Crippen LogP contribution in [-0.4, -0.2) is 53.6 Å². The van der Waals surface area contributed by atoms with Gasteiger partial charge >= 0.3 is 12.2 Å². The van der Waals surface area contributed by atoms with Gasteiger partial charge in [0.05, 0.1) is 16.8 Å². The van der Waals surface area contributed by atoms with Gasteiger partial charge in [0, 0.05) is 44.6 Å². The number of nitrogens with zero attached hydrogens (tertiary/aromatic N) is 3. The van der Waals surface area contributed by atoms with Crippen molar-refractivity contribution in [1.29, 1.82) is 0 Å². The maximum Gasteiger partial charge on any atom is 0.416 e. The molecular formula is C27H27F3N6O. The minimum absolute atomic E-state index is 0.254.